The van der Waals surface area contributed by atoms with Crippen LogP contribution < -0.4 is 14.8 Å². The van der Waals surface area contributed by atoms with Gasteiger partial charge in [-0.05, 0) is 54.7 Å². The molecule has 0 spiro atoms. The Morgan fingerprint density at radius 3 is 2.55 bits per heavy atom. The van der Waals surface area contributed by atoms with Gasteiger partial charge in [-0.1, -0.05) is 43.6 Å². The number of rotatable bonds is 11. The molecule has 4 rings (SSSR count). The maximum Gasteiger partial charge on any atom is 0.299 e. The number of amides is 2. The van der Waals surface area contributed by atoms with Crippen LogP contribution in [0.2, 0.25) is 5.02 Å². The minimum Gasteiger partial charge on any atom is -0.350 e. The van der Waals surface area contributed by atoms with E-state index in [0.29, 0.717) is 29.4 Å². The van der Waals surface area contributed by atoms with Gasteiger partial charge in [0.25, 0.3) is 10.2 Å². The van der Waals surface area contributed by atoms with Crippen LogP contribution in [-0.2, 0) is 26.3 Å². The van der Waals surface area contributed by atoms with Crippen LogP contribution in [0.3, 0.4) is 0 Å². The van der Waals surface area contributed by atoms with Crippen molar-refractivity contribution in [2.24, 2.45) is 5.92 Å². The van der Waals surface area contributed by atoms with Crippen molar-refractivity contribution >= 4 is 39.3 Å². The highest BCUT2D eigenvalue weighted by molar-refractivity contribution is 7.90. The standard InChI is InChI=1S/C25H30ClN7O4S/c1-17(2)12-21(31-38(36,37)30-20-6-4-3-5-7-20)25(35)32-11-10-23(32)24(34)28-14-18-13-19(26)8-9-22(18)33-16-27-15-29-33/h3-9,13,15-17,21,23,30-31H,10-12,14H2,1-2H3,(H,28,34)/t21-,23-/m0/s1. The molecule has 0 bridgehead atoms. The Balaban J connectivity index is 1.42. The van der Waals surface area contributed by atoms with Gasteiger partial charge >= 0.3 is 0 Å². The van der Waals surface area contributed by atoms with E-state index in [-0.39, 0.29) is 24.8 Å². The summed E-state index contributed by atoms with van der Waals surface area (Å²) < 4.78 is 32.0. The molecule has 1 aliphatic heterocycles. The van der Waals surface area contributed by atoms with Crippen molar-refractivity contribution in [2.75, 3.05) is 11.3 Å². The molecule has 3 aromatic rings. The summed E-state index contributed by atoms with van der Waals surface area (Å²) in [6.45, 7) is 4.32. The third-order valence-corrected chi connectivity index (χ3v) is 7.43. The van der Waals surface area contributed by atoms with Crippen LogP contribution in [-0.4, -0.2) is 58.5 Å². The molecule has 0 saturated carbocycles. The molecule has 0 aliphatic carbocycles. The maximum absolute atomic E-state index is 13.4. The van der Waals surface area contributed by atoms with Crippen molar-refractivity contribution in [3.05, 3.63) is 71.8 Å². The fraction of sp³-hybridized carbons (Fsp3) is 0.360. The predicted octanol–water partition coefficient (Wildman–Crippen LogP) is 2.50. The van der Waals surface area contributed by atoms with E-state index < -0.39 is 28.2 Å². The number of nitrogens with zero attached hydrogens (tertiary/aromatic N) is 4. The van der Waals surface area contributed by atoms with Gasteiger partial charge < -0.3 is 10.2 Å². The SMILES string of the molecule is CC(C)C[C@H](NS(=O)(=O)Nc1ccccc1)C(=O)N1CC[C@H]1C(=O)NCc1cc(Cl)ccc1-n1cncn1. The second kappa shape index (κ2) is 11.9. The van der Waals surface area contributed by atoms with Crippen LogP contribution >= 0.6 is 11.6 Å². The number of hydrogen-bond donors (Lipinski definition) is 3. The van der Waals surface area contributed by atoms with Crippen molar-refractivity contribution in [1.29, 1.82) is 0 Å². The van der Waals surface area contributed by atoms with Crippen LogP contribution in [0.25, 0.3) is 5.69 Å². The lowest BCUT2D eigenvalue weighted by atomic mass is 9.97. The van der Waals surface area contributed by atoms with Crippen molar-refractivity contribution < 1.29 is 18.0 Å². The van der Waals surface area contributed by atoms with Gasteiger partial charge in [0.2, 0.25) is 11.8 Å². The Labute approximate surface area is 226 Å². The number of halogens is 1. The normalized spacial score (nSPS) is 16.1. The van der Waals surface area contributed by atoms with Crippen LogP contribution in [0.4, 0.5) is 5.69 Å². The van der Waals surface area contributed by atoms with Crippen LogP contribution in [0.5, 0.6) is 0 Å². The third-order valence-electron chi connectivity index (χ3n) is 6.09. The average Bonchev–Trinajstić information content (AvgIpc) is 3.36. The molecular weight excluding hydrogens is 530 g/mol. The fourth-order valence-corrected chi connectivity index (χ4v) is 5.50. The van der Waals surface area contributed by atoms with Gasteiger partial charge in [0.05, 0.1) is 5.69 Å². The van der Waals surface area contributed by atoms with Crippen LogP contribution in [0.15, 0.2) is 61.2 Å². The Morgan fingerprint density at radius 1 is 1.16 bits per heavy atom. The first kappa shape index (κ1) is 27.6. The molecule has 1 aromatic heterocycles. The molecule has 1 aliphatic rings. The first-order valence-electron chi connectivity index (χ1n) is 12.2. The quantitative estimate of drug-likeness (QED) is 0.330. The minimum atomic E-state index is -4.03. The summed E-state index contributed by atoms with van der Waals surface area (Å²) in [5.41, 5.74) is 1.82. The lowest BCUT2D eigenvalue weighted by Gasteiger charge is -2.41. The molecule has 202 valence electrons. The topological polar surface area (TPSA) is 138 Å². The third kappa shape index (κ3) is 6.88. The van der Waals surface area contributed by atoms with Crippen LogP contribution in [0, 0.1) is 5.92 Å². The molecule has 0 unspecified atom stereocenters. The van der Waals surface area contributed by atoms with Gasteiger partial charge in [-0.25, -0.2) is 9.67 Å². The molecule has 2 aromatic carbocycles. The zero-order valence-corrected chi connectivity index (χ0v) is 22.6. The summed E-state index contributed by atoms with van der Waals surface area (Å²) in [5, 5.41) is 7.51. The molecule has 1 fully saturated rings. The number of likely N-dealkylation sites (tertiary alicyclic amines) is 1. The molecular formula is C25H30ClN7O4S. The van der Waals surface area contributed by atoms with Gasteiger partial charge in [-0.2, -0.15) is 18.2 Å². The summed E-state index contributed by atoms with van der Waals surface area (Å²) >= 11 is 6.17. The molecule has 2 amide bonds. The molecule has 3 N–H and O–H groups in total. The molecule has 38 heavy (non-hydrogen) atoms. The first-order valence-corrected chi connectivity index (χ1v) is 14.1. The number of carbonyl (C=O) groups is 2. The second-order valence-corrected chi connectivity index (χ2v) is 11.3. The molecule has 2 heterocycles. The number of nitrogens with one attached hydrogen (secondary N) is 3. The molecule has 0 radical (unpaired) electrons. The monoisotopic (exact) mass is 559 g/mol. The van der Waals surface area contributed by atoms with E-state index in [0.717, 1.165) is 5.56 Å². The Bertz CT molecular complexity index is 1370. The van der Waals surface area contributed by atoms with Crippen LogP contribution in [0.1, 0.15) is 32.3 Å². The zero-order valence-electron chi connectivity index (χ0n) is 21.0. The highest BCUT2D eigenvalue weighted by atomic mass is 35.5. The Hall–Kier alpha value is -3.48. The second-order valence-electron chi connectivity index (χ2n) is 9.44. The predicted molar refractivity (Wildman–Crippen MR) is 144 cm³/mol. The van der Waals surface area contributed by atoms with Crippen molar-refractivity contribution in [2.45, 2.75) is 45.3 Å². The van der Waals surface area contributed by atoms with E-state index in [1.807, 2.05) is 13.8 Å². The lowest BCUT2D eigenvalue weighted by molar-refractivity contribution is -0.149. The van der Waals surface area contributed by atoms with Gasteiger partial charge in [-0.15, -0.1) is 0 Å². The summed E-state index contributed by atoms with van der Waals surface area (Å²) in [5.74, 6) is -0.729. The van der Waals surface area contributed by atoms with E-state index in [1.54, 1.807) is 59.5 Å². The van der Waals surface area contributed by atoms with Crippen molar-refractivity contribution in [1.82, 2.24) is 29.7 Å². The van der Waals surface area contributed by atoms with E-state index in [2.05, 4.69) is 24.8 Å². The molecule has 2 atom stereocenters. The van der Waals surface area contributed by atoms with E-state index in [4.69, 9.17) is 11.6 Å². The Morgan fingerprint density at radius 2 is 1.92 bits per heavy atom. The largest absolute Gasteiger partial charge is 0.350 e. The summed E-state index contributed by atoms with van der Waals surface area (Å²) in [4.78, 5) is 31.8. The van der Waals surface area contributed by atoms with Gasteiger partial charge in [-0.3, -0.25) is 14.3 Å². The van der Waals surface area contributed by atoms with E-state index in [9.17, 15) is 18.0 Å². The molecule has 13 heteroatoms. The Kier molecular flexibility index (Phi) is 8.65. The summed E-state index contributed by atoms with van der Waals surface area (Å²) in [7, 11) is -4.03. The van der Waals surface area contributed by atoms with Gasteiger partial charge in [0, 0.05) is 23.8 Å². The number of para-hydroxylation sites is 1. The van der Waals surface area contributed by atoms with Crippen molar-refractivity contribution in [3.63, 3.8) is 0 Å². The summed E-state index contributed by atoms with van der Waals surface area (Å²) in [6, 6.07) is 11.9. The maximum atomic E-state index is 13.4. The number of benzene rings is 2. The lowest BCUT2D eigenvalue weighted by Crippen LogP contribution is -2.62. The number of hydrogen-bond acceptors (Lipinski definition) is 6. The highest BCUT2D eigenvalue weighted by Crippen LogP contribution is 2.23. The van der Waals surface area contributed by atoms with E-state index in [1.165, 1.54) is 11.2 Å². The number of carbonyl (C=O) groups excluding carboxylic acids is 2. The molecule has 11 nitrogen and oxygen atoms in total. The van der Waals surface area contributed by atoms with E-state index >= 15 is 0 Å². The fourth-order valence-electron chi connectivity index (χ4n) is 4.22. The first-order chi connectivity index (χ1) is 18.1. The average molecular weight is 560 g/mol. The highest BCUT2D eigenvalue weighted by Gasteiger charge is 2.41. The van der Waals surface area contributed by atoms with Gasteiger partial charge in [0.15, 0.2) is 0 Å². The number of aromatic nitrogens is 3. The summed E-state index contributed by atoms with van der Waals surface area (Å²) in [6.07, 6.45) is 3.71. The zero-order chi connectivity index (χ0) is 27.3. The number of anilines is 1. The minimum absolute atomic E-state index is 0.0370. The van der Waals surface area contributed by atoms with Crippen molar-refractivity contribution in [3.8, 4) is 5.69 Å². The van der Waals surface area contributed by atoms with Gasteiger partial charge in [0.1, 0.15) is 24.7 Å². The smallest absolute Gasteiger partial charge is 0.299 e. The molecule has 1 saturated heterocycles.